The van der Waals surface area contributed by atoms with Gasteiger partial charge in [0.15, 0.2) is 0 Å². The molecule has 1 unspecified atom stereocenters. The number of hydrogen-bond donors (Lipinski definition) is 2. The van der Waals surface area contributed by atoms with Crippen LogP contribution in [0.1, 0.15) is 73.0 Å². The fraction of sp³-hybridized carbons (Fsp3) is 0.611. The second kappa shape index (κ2) is 5.80. The third-order valence-electron chi connectivity index (χ3n) is 5.26. The van der Waals surface area contributed by atoms with Crippen molar-refractivity contribution in [2.75, 3.05) is 6.54 Å². The van der Waals surface area contributed by atoms with Gasteiger partial charge in [0.2, 0.25) is 0 Å². The lowest BCUT2D eigenvalue weighted by molar-refractivity contribution is 0.00814. The van der Waals surface area contributed by atoms with E-state index in [0.29, 0.717) is 0 Å². The Morgan fingerprint density at radius 2 is 1.95 bits per heavy atom. The molecule has 1 aromatic rings. The highest BCUT2D eigenvalue weighted by atomic mass is 16.3. The van der Waals surface area contributed by atoms with Crippen LogP contribution < -0.4 is 5.32 Å². The maximum Gasteiger partial charge on any atom is 0.251 e. The molecule has 0 spiro atoms. The molecule has 21 heavy (non-hydrogen) atoms. The van der Waals surface area contributed by atoms with Crippen molar-refractivity contribution in [2.45, 2.75) is 58.0 Å². The van der Waals surface area contributed by atoms with Gasteiger partial charge in [0, 0.05) is 12.1 Å². The predicted octanol–water partition coefficient (Wildman–Crippen LogP) is 3.37. The smallest absolute Gasteiger partial charge is 0.251 e. The summed E-state index contributed by atoms with van der Waals surface area (Å²) in [5, 5.41) is 13.8. The van der Waals surface area contributed by atoms with Crippen molar-refractivity contribution >= 4 is 5.91 Å². The molecule has 0 bridgehead atoms. The Morgan fingerprint density at radius 1 is 1.19 bits per heavy atom. The third kappa shape index (κ3) is 2.84. The molecule has 1 aliphatic carbocycles. The number of aliphatic hydroxyl groups excluding tert-OH is 1. The Labute approximate surface area is 126 Å². The molecule has 3 heteroatoms. The maximum atomic E-state index is 12.1. The van der Waals surface area contributed by atoms with E-state index < -0.39 is 6.10 Å². The first kappa shape index (κ1) is 14.6. The zero-order valence-electron chi connectivity index (χ0n) is 12.8. The molecule has 1 saturated carbocycles. The highest BCUT2D eigenvalue weighted by Gasteiger charge is 2.35. The number of hydrogen-bond acceptors (Lipinski definition) is 2. The van der Waals surface area contributed by atoms with Gasteiger partial charge < -0.3 is 10.4 Å². The molecule has 1 fully saturated rings. The van der Waals surface area contributed by atoms with E-state index in [0.717, 1.165) is 48.9 Å². The molecule has 2 aliphatic rings. The number of carbonyl (C=O) groups is 1. The van der Waals surface area contributed by atoms with Crippen LogP contribution in [0.15, 0.2) is 18.2 Å². The first-order valence-electron chi connectivity index (χ1n) is 8.19. The van der Waals surface area contributed by atoms with E-state index in [2.05, 4.69) is 12.2 Å². The average molecular weight is 287 g/mol. The molecule has 1 amide bonds. The fourth-order valence-corrected chi connectivity index (χ4v) is 3.80. The Balaban J connectivity index is 1.90. The quantitative estimate of drug-likeness (QED) is 0.876. The number of nitrogens with one attached hydrogen (secondary N) is 1. The Bertz CT molecular complexity index is 532. The van der Waals surface area contributed by atoms with Gasteiger partial charge in [0.25, 0.3) is 5.91 Å². The van der Waals surface area contributed by atoms with Crippen LogP contribution in [0, 0.1) is 5.41 Å². The van der Waals surface area contributed by atoms with Gasteiger partial charge in [-0.2, -0.15) is 0 Å². The summed E-state index contributed by atoms with van der Waals surface area (Å²) in [7, 11) is 0. The van der Waals surface area contributed by atoms with Gasteiger partial charge in [-0.3, -0.25) is 4.79 Å². The van der Waals surface area contributed by atoms with E-state index in [1.807, 2.05) is 18.2 Å². The van der Waals surface area contributed by atoms with Crippen LogP contribution in [0.4, 0.5) is 0 Å². The van der Waals surface area contributed by atoms with Crippen molar-refractivity contribution in [1.29, 1.82) is 0 Å². The third-order valence-corrected chi connectivity index (χ3v) is 5.26. The Morgan fingerprint density at radius 3 is 2.71 bits per heavy atom. The van der Waals surface area contributed by atoms with Crippen LogP contribution in [-0.4, -0.2) is 17.6 Å². The van der Waals surface area contributed by atoms with Crippen molar-refractivity contribution < 1.29 is 9.90 Å². The maximum absolute atomic E-state index is 12.1. The molecule has 2 N–H and O–H groups in total. The molecule has 0 saturated heterocycles. The largest absolute Gasteiger partial charge is 0.388 e. The van der Waals surface area contributed by atoms with E-state index in [9.17, 15) is 9.90 Å². The van der Waals surface area contributed by atoms with Crippen molar-refractivity contribution in [3.05, 3.63) is 34.9 Å². The van der Waals surface area contributed by atoms with Crippen LogP contribution in [0.25, 0.3) is 0 Å². The number of aryl methyl sites for hydroxylation is 1. The highest BCUT2D eigenvalue weighted by molar-refractivity contribution is 5.96. The van der Waals surface area contributed by atoms with Crippen LogP contribution >= 0.6 is 0 Å². The van der Waals surface area contributed by atoms with E-state index >= 15 is 0 Å². The summed E-state index contributed by atoms with van der Waals surface area (Å²) in [6, 6.07) is 5.97. The first-order chi connectivity index (χ1) is 10.1. The lowest BCUT2D eigenvalue weighted by atomic mass is 9.70. The minimum atomic E-state index is -0.473. The minimum Gasteiger partial charge on any atom is -0.388 e. The van der Waals surface area contributed by atoms with Crippen molar-refractivity contribution in [3.8, 4) is 0 Å². The number of rotatable bonds is 2. The molecule has 1 aromatic carbocycles. The number of fused-ring (bicyclic) bond motifs is 1. The lowest BCUT2D eigenvalue weighted by Gasteiger charge is -2.38. The van der Waals surface area contributed by atoms with Crippen molar-refractivity contribution in [1.82, 2.24) is 5.32 Å². The number of carbonyl (C=O) groups excluding carboxylic acids is 1. The molecule has 114 valence electrons. The molecule has 3 nitrogen and oxygen atoms in total. The van der Waals surface area contributed by atoms with Crippen LogP contribution in [0.2, 0.25) is 0 Å². The predicted molar refractivity (Wildman–Crippen MR) is 83.2 cm³/mol. The van der Waals surface area contributed by atoms with Crippen molar-refractivity contribution in [3.63, 3.8) is 0 Å². The molecule has 0 radical (unpaired) electrons. The molecule has 3 rings (SSSR count). The van der Waals surface area contributed by atoms with Gasteiger partial charge in [-0.25, -0.2) is 0 Å². The molecule has 0 aromatic heterocycles. The van der Waals surface area contributed by atoms with Gasteiger partial charge in [-0.05, 0) is 48.3 Å². The zero-order chi connectivity index (χ0) is 14.9. The van der Waals surface area contributed by atoms with Gasteiger partial charge in [-0.15, -0.1) is 0 Å². The fourth-order valence-electron chi connectivity index (χ4n) is 3.80. The standard InChI is InChI=1S/C18H25NO2/c1-18(9-3-2-4-10-18)16(20)14-8-7-13-6-5-11-19-17(21)15(13)12-14/h7-8,12,16,20H,2-6,9-11H2,1H3,(H,19,21). The summed E-state index contributed by atoms with van der Waals surface area (Å²) < 4.78 is 0. The molecular formula is C18H25NO2. The second-order valence-electron chi connectivity index (χ2n) is 6.89. The van der Waals surface area contributed by atoms with E-state index in [-0.39, 0.29) is 11.3 Å². The minimum absolute atomic E-state index is 0.00495. The number of aliphatic hydroxyl groups is 1. The van der Waals surface area contributed by atoms with Crippen LogP contribution in [-0.2, 0) is 6.42 Å². The second-order valence-corrected chi connectivity index (χ2v) is 6.89. The average Bonchev–Trinajstić information content (AvgIpc) is 2.69. The summed E-state index contributed by atoms with van der Waals surface area (Å²) in [5.74, 6) is 0.00495. The van der Waals surface area contributed by atoms with E-state index in [1.54, 1.807) is 0 Å². The lowest BCUT2D eigenvalue weighted by Crippen LogP contribution is -2.29. The summed E-state index contributed by atoms with van der Waals surface area (Å²) in [4.78, 5) is 12.1. The van der Waals surface area contributed by atoms with Gasteiger partial charge in [-0.1, -0.05) is 38.3 Å². The monoisotopic (exact) mass is 287 g/mol. The summed E-state index contributed by atoms with van der Waals surface area (Å²) in [6.45, 7) is 2.92. The van der Waals surface area contributed by atoms with Gasteiger partial charge in [0.1, 0.15) is 0 Å². The Hall–Kier alpha value is -1.35. The first-order valence-corrected chi connectivity index (χ1v) is 8.19. The Kier molecular flexibility index (Phi) is 4.03. The van der Waals surface area contributed by atoms with Gasteiger partial charge in [0.05, 0.1) is 6.10 Å². The van der Waals surface area contributed by atoms with Gasteiger partial charge >= 0.3 is 0 Å². The summed E-state index contributed by atoms with van der Waals surface area (Å²) in [5.41, 5.74) is 2.71. The molecule has 1 aliphatic heterocycles. The summed E-state index contributed by atoms with van der Waals surface area (Å²) >= 11 is 0. The van der Waals surface area contributed by atoms with E-state index in [1.165, 1.54) is 19.3 Å². The normalized spacial score (nSPS) is 22.9. The number of amides is 1. The highest BCUT2D eigenvalue weighted by Crippen LogP contribution is 2.45. The van der Waals surface area contributed by atoms with E-state index in [4.69, 9.17) is 0 Å². The van der Waals surface area contributed by atoms with Crippen molar-refractivity contribution in [2.24, 2.45) is 5.41 Å². The topological polar surface area (TPSA) is 49.3 Å². The zero-order valence-corrected chi connectivity index (χ0v) is 12.8. The number of benzene rings is 1. The summed E-state index contributed by atoms with van der Waals surface area (Å²) in [6.07, 6.45) is 7.24. The SMILES string of the molecule is CC1(C(O)c2ccc3c(c2)C(=O)NCCC3)CCCCC1. The molecular weight excluding hydrogens is 262 g/mol. The van der Waals surface area contributed by atoms with Crippen LogP contribution in [0.5, 0.6) is 0 Å². The van der Waals surface area contributed by atoms with Crippen LogP contribution in [0.3, 0.4) is 0 Å². The molecule has 1 heterocycles. The molecule has 1 atom stereocenters.